The van der Waals surface area contributed by atoms with Crippen LogP contribution in [-0.4, -0.2) is 22.4 Å². The van der Waals surface area contributed by atoms with E-state index >= 15 is 0 Å². The summed E-state index contributed by atoms with van der Waals surface area (Å²) in [5, 5.41) is 21.6. The monoisotopic (exact) mass is 380 g/mol. The third kappa shape index (κ3) is 4.15. The Morgan fingerprint density at radius 2 is 1.96 bits per heavy atom. The second-order valence-corrected chi connectivity index (χ2v) is 7.76. The number of amides is 1. The van der Waals surface area contributed by atoms with Crippen molar-refractivity contribution in [1.29, 1.82) is 5.26 Å². The zero-order valence-corrected chi connectivity index (χ0v) is 15.6. The number of hydrogen-bond donors (Lipinski definition) is 2. The average Bonchev–Trinajstić information content (AvgIpc) is 2.69. The summed E-state index contributed by atoms with van der Waals surface area (Å²) in [4.78, 5) is 23.6. The van der Waals surface area contributed by atoms with Gasteiger partial charge in [0.05, 0.1) is 22.9 Å². The molecule has 0 saturated carbocycles. The maximum absolute atomic E-state index is 12.5. The van der Waals surface area contributed by atoms with E-state index in [1.54, 1.807) is 18.2 Å². The molecule has 2 N–H and O–H groups in total. The molecule has 1 aliphatic heterocycles. The highest BCUT2D eigenvalue weighted by atomic mass is 32.2. The van der Waals surface area contributed by atoms with Crippen molar-refractivity contribution in [3.63, 3.8) is 0 Å². The van der Waals surface area contributed by atoms with E-state index in [4.69, 9.17) is 5.11 Å². The third-order valence-corrected chi connectivity index (χ3v) is 6.16. The molecule has 138 valence electrons. The van der Waals surface area contributed by atoms with Crippen molar-refractivity contribution < 1.29 is 14.7 Å². The van der Waals surface area contributed by atoms with Crippen LogP contribution >= 0.6 is 11.8 Å². The molecule has 0 bridgehead atoms. The van der Waals surface area contributed by atoms with E-state index in [0.29, 0.717) is 5.75 Å². The van der Waals surface area contributed by atoms with Crippen LogP contribution in [0.4, 0.5) is 0 Å². The molecule has 27 heavy (non-hydrogen) atoms. The number of carboxylic acids is 1. The highest BCUT2D eigenvalue weighted by Gasteiger charge is 2.43. The molecular weight excluding hydrogens is 360 g/mol. The van der Waals surface area contributed by atoms with Gasteiger partial charge in [-0.2, -0.15) is 5.26 Å². The van der Waals surface area contributed by atoms with Crippen molar-refractivity contribution in [2.24, 2.45) is 11.8 Å². The van der Waals surface area contributed by atoms with Gasteiger partial charge in [0, 0.05) is 17.6 Å². The Balaban J connectivity index is 1.80. The van der Waals surface area contributed by atoms with Crippen LogP contribution in [0.2, 0.25) is 0 Å². The first-order chi connectivity index (χ1) is 13.0. The van der Waals surface area contributed by atoms with Gasteiger partial charge in [-0.3, -0.25) is 4.79 Å². The Morgan fingerprint density at radius 3 is 2.63 bits per heavy atom. The zero-order chi connectivity index (χ0) is 19.4. The largest absolute Gasteiger partial charge is 0.478 e. The van der Waals surface area contributed by atoms with Crippen LogP contribution < -0.4 is 5.32 Å². The van der Waals surface area contributed by atoms with Gasteiger partial charge in [0.2, 0.25) is 5.91 Å². The lowest BCUT2D eigenvalue weighted by molar-refractivity contribution is -0.127. The maximum atomic E-state index is 12.5. The topological polar surface area (TPSA) is 90.2 Å². The van der Waals surface area contributed by atoms with E-state index in [1.807, 2.05) is 43.3 Å². The molecule has 1 aliphatic rings. The molecule has 1 heterocycles. The van der Waals surface area contributed by atoms with Crippen LogP contribution in [-0.2, 0) is 10.5 Å². The first-order valence-electron chi connectivity index (χ1n) is 8.70. The number of nitriles is 1. The number of piperidine rings is 1. The van der Waals surface area contributed by atoms with Gasteiger partial charge in [-0.25, -0.2) is 4.79 Å². The smallest absolute Gasteiger partial charge is 0.335 e. The van der Waals surface area contributed by atoms with Crippen LogP contribution in [0.25, 0.3) is 0 Å². The Morgan fingerprint density at radius 1 is 1.22 bits per heavy atom. The summed E-state index contributed by atoms with van der Waals surface area (Å²) in [6.07, 6.45) is 0. The van der Waals surface area contributed by atoms with E-state index < -0.39 is 5.97 Å². The number of hydrogen-bond acceptors (Lipinski definition) is 4. The highest BCUT2D eigenvalue weighted by Crippen LogP contribution is 2.41. The second kappa shape index (κ2) is 8.28. The van der Waals surface area contributed by atoms with E-state index in [9.17, 15) is 14.9 Å². The predicted molar refractivity (Wildman–Crippen MR) is 104 cm³/mol. The lowest BCUT2D eigenvalue weighted by Gasteiger charge is -2.38. The Bertz CT molecular complexity index is 878. The van der Waals surface area contributed by atoms with Crippen molar-refractivity contribution >= 4 is 23.6 Å². The van der Waals surface area contributed by atoms with Crippen LogP contribution in [0.5, 0.6) is 0 Å². The fraction of sp³-hybridized carbons (Fsp3) is 0.286. The summed E-state index contributed by atoms with van der Waals surface area (Å²) in [5.74, 6) is -1.35. The number of nitrogens with one attached hydrogen (secondary N) is 1. The minimum absolute atomic E-state index is 0.0628. The van der Waals surface area contributed by atoms with Gasteiger partial charge in [-0.1, -0.05) is 49.4 Å². The zero-order valence-electron chi connectivity index (χ0n) is 14.8. The van der Waals surface area contributed by atoms with Gasteiger partial charge in [0.15, 0.2) is 0 Å². The van der Waals surface area contributed by atoms with Gasteiger partial charge in [0.1, 0.15) is 0 Å². The molecule has 2 aromatic carbocycles. The fourth-order valence-electron chi connectivity index (χ4n) is 3.47. The van der Waals surface area contributed by atoms with Crippen LogP contribution in [0, 0.1) is 23.2 Å². The Kier molecular flexibility index (Phi) is 5.82. The molecule has 1 fully saturated rings. The van der Waals surface area contributed by atoms with Gasteiger partial charge >= 0.3 is 5.97 Å². The lowest BCUT2D eigenvalue weighted by Crippen LogP contribution is -2.50. The first-order valence-corrected chi connectivity index (χ1v) is 9.75. The Hall–Kier alpha value is -2.78. The first kappa shape index (κ1) is 19.0. The molecule has 0 spiro atoms. The van der Waals surface area contributed by atoms with Crippen LogP contribution in [0.1, 0.15) is 34.3 Å². The number of benzene rings is 2. The van der Waals surface area contributed by atoms with E-state index in [-0.39, 0.29) is 34.6 Å². The van der Waals surface area contributed by atoms with Crippen LogP contribution in [0.3, 0.4) is 0 Å². The van der Waals surface area contributed by atoms with Crippen molar-refractivity contribution in [2.75, 3.05) is 0 Å². The maximum Gasteiger partial charge on any atom is 0.335 e. The number of thioether (sulfide) groups is 1. The molecule has 0 radical (unpaired) electrons. The molecule has 3 rings (SSSR count). The molecular formula is C21H20N2O3S. The number of carbonyl (C=O) groups is 2. The molecule has 2 aromatic rings. The molecule has 0 aromatic heterocycles. The molecule has 5 nitrogen and oxygen atoms in total. The summed E-state index contributed by atoms with van der Waals surface area (Å²) in [5.41, 5.74) is 2.07. The number of carbonyl (C=O) groups excluding carboxylic acids is 1. The van der Waals surface area contributed by atoms with Gasteiger partial charge in [0.25, 0.3) is 0 Å². The van der Waals surface area contributed by atoms with Crippen molar-refractivity contribution in [1.82, 2.24) is 5.32 Å². The molecule has 1 saturated heterocycles. The normalized spacial score (nSPS) is 24.7. The highest BCUT2D eigenvalue weighted by molar-refractivity contribution is 7.99. The second-order valence-electron chi connectivity index (χ2n) is 6.63. The summed E-state index contributed by atoms with van der Waals surface area (Å²) in [6.45, 7) is 1.86. The standard InChI is InChI=1S/C21H20N2O3S/c1-13-18(15-7-3-2-4-8-15)17(11-22)20(23-19(13)24)27-12-14-6-5-9-16(10-14)21(25)26/h2-10,13,17-18,20H,12H2,1H3,(H,23,24)(H,25,26). The summed E-state index contributed by atoms with van der Waals surface area (Å²) in [7, 11) is 0. The van der Waals surface area contributed by atoms with Crippen molar-refractivity contribution in [3.8, 4) is 6.07 Å². The van der Waals surface area contributed by atoms with Gasteiger partial charge < -0.3 is 10.4 Å². The quantitative estimate of drug-likeness (QED) is 0.827. The molecule has 4 atom stereocenters. The van der Waals surface area contributed by atoms with Crippen molar-refractivity contribution in [2.45, 2.75) is 24.0 Å². The molecule has 0 aliphatic carbocycles. The molecule has 4 unspecified atom stereocenters. The van der Waals surface area contributed by atoms with E-state index in [1.165, 1.54) is 11.8 Å². The average molecular weight is 380 g/mol. The molecule has 6 heteroatoms. The van der Waals surface area contributed by atoms with E-state index in [0.717, 1.165) is 11.1 Å². The SMILES string of the molecule is CC1C(=O)NC(SCc2cccc(C(=O)O)c2)C(C#N)C1c1ccccc1. The van der Waals surface area contributed by atoms with Crippen molar-refractivity contribution in [3.05, 3.63) is 71.3 Å². The summed E-state index contributed by atoms with van der Waals surface area (Å²) in [6, 6.07) is 18.8. The lowest BCUT2D eigenvalue weighted by atomic mass is 9.75. The summed E-state index contributed by atoms with van der Waals surface area (Å²) >= 11 is 1.46. The van der Waals surface area contributed by atoms with Gasteiger partial charge in [-0.05, 0) is 23.3 Å². The predicted octanol–water partition coefficient (Wildman–Crippen LogP) is 3.63. The third-order valence-electron chi connectivity index (χ3n) is 4.89. The number of nitrogens with zero attached hydrogens (tertiary/aromatic N) is 1. The van der Waals surface area contributed by atoms with E-state index in [2.05, 4.69) is 11.4 Å². The van der Waals surface area contributed by atoms with Gasteiger partial charge in [-0.15, -0.1) is 11.8 Å². The Labute approximate surface area is 162 Å². The minimum atomic E-state index is -0.972. The number of rotatable bonds is 5. The van der Waals surface area contributed by atoms with Crippen LogP contribution in [0.15, 0.2) is 54.6 Å². The minimum Gasteiger partial charge on any atom is -0.478 e. The number of aromatic carboxylic acids is 1. The number of carboxylic acid groups (broad SMARTS) is 1. The molecule has 1 amide bonds. The summed E-state index contributed by atoms with van der Waals surface area (Å²) < 4.78 is 0. The fourth-order valence-corrected chi connectivity index (χ4v) is 4.66.